The molecule has 0 spiro atoms. The molecule has 0 aromatic heterocycles. The molecule has 0 radical (unpaired) electrons. The highest BCUT2D eigenvalue weighted by Gasteiger charge is 2.27. The van der Waals surface area contributed by atoms with E-state index in [0.29, 0.717) is 0 Å². The summed E-state index contributed by atoms with van der Waals surface area (Å²) in [4.78, 5) is 11.2. The van der Waals surface area contributed by atoms with Gasteiger partial charge in [-0.2, -0.15) is 0 Å². The Hall–Kier alpha value is -0.820. The Balaban J connectivity index is 2.42. The number of hydrogen-bond acceptors (Lipinski definition) is 5. The normalized spacial score (nSPS) is 24.6. The van der Waals surface area contributed by atoms with Gasteiger partial charge in [0.2, 0.25) is 0 Å². The van der Waals surface area contributed by atoms with E-state index in [1.54, 1.807) is 0 Å². The first kappa shape index (κ1) is 15.2. The maximum Gasteiger partial charge on any atom is 0.407 e. The lowest BCUT2D eigenvalue weighted by Gasteiger charge is -2.31. The Labute approximate surface area is 108 Å². The van der Waals surface area contributed by atoms with E-state index in [4.69, 9.17) is 4.74 Å². The molecule has 0 saturated heterocycles. The highest BCUT2D eigenvalue weighted by Crippen LogP contribution is 2.21. The predicted molar refractivity (Wildman–Crippen MR) is 67.2 cm³/mol. The van der Waals surface area contributed by atoms with Crippen molar-refractivity contribution in [3.8, 4) is 0 Å². The van der Waals surface area contributed by atoms with Crippen LogP contribution in [0.2, 0.25) is 0 Å². The predicted octanol–water partition coefficient (Wildman–Crippen LogP) is 0.715. The van der Waals surface area contributed by atoms with Crippen LogP contribution >= 0.6 is 0 Å². The van der Waals surface area contributed by atoms with E-state index in [1.165, 1.54) is 13.4 Å². The first-order valence-corrected chi connectivity index (χ1v) is 8.12. The zero-order valence-corrected chi connectivity index (χ0v) is 11.7. The lowest BCUT2D eigenvalue weighted by atomic mass is 9.92. The van der Waals surface area contributed by atoms with Crippen LogP contribution in [-0.4, -0.2) is 52.4 Å². The van der Waals surface area contributed by atoms with Crippen molar-refractivity contribution in [3.05, 3.63) is 0 Å². The van der Waals surface area contributed by atoms with Gasteiger partial charge < -0.3 is 14.8 Å². The fraction of sp³-hybridized carbons (Fsp3) is 0.909. The summed E-state index contributed by atoms with van der Waals surface area (Å²) in [5.74, 6) is 0.00838. The maximum atomic E-state index is 11.2. The van der Waals surface area contributed by atoms with Gasteiger partial charge >= 0.3 is 6.09 Å². The molecule has 2 atom stereocenters. The number of rotatable bonds is 5. The minimum Gasteiger partial charge on any atom is -0.453 e. The van der Waals surface area contributed by atoms with Gasteiger partial charge in [0, 0.05) is 6.26 Å². The molecular formula is C11H21NO5S. The first-order valence-electron chi connectivity index (χ1n) is 6.06. The van der Waals surface area contributed by atoms with Crippen LogP contribution in [0.4, 0.5) is 4.79 Å². The second kappa shape index (κ2) is 6.94. The molecule has 2 unspecified atom stereocenters. The van der Waals surface area contributed by atoms with Crippen molar-refractivity contribution in [1.29, 1.82) is 0 Å². The van der Waals surface area contributed by atoms with Crippen LogP contribution in [-0.2, 0) is 19.3 Å². The molecule has 1 saturated carbocycles. The standard InChI is InChI=1S/C11H21NO5S/c1-16-11(13)12-9-5-3-4-6-10(9)17-7-8-18(2,14)15/h9-10H,3-8H2,1-2H3,(H,12,13). The van der Waals surface area contributed by atoms with Crippen LogP contribution in [0.25, 0.3) is 0 Å². The van der Waals surface area contributed by atoms with Crippen molar-refractivity contribution < 1.29 is 22.7 Å². The molecule has 18 heavy (non-hydrogen) atoms. The molecule has 1 N–H and O–H groups in total. The number of nitrogens with one attached hydrogen (secondary N) is 1. The molecule has 7 heteroatoms. The van der Waals surface area contributed by atoms with Crippen LogP contribution < -0.4 is 5.32 Å². The molecule has 6 nitrogen and oxygen atoms in total. The molecule has 1 rings (SSSR count). The van der Waals surface area contributed by atoms with Gasteiger partial charge in [-0.3, -0.25) is 0 Å². The first-order chi connectivity index (χ1) is 8.42. The summed E-state index contributed by atoms with van der Waals surface area (Å²) in [5, 5.41) is 2.73. The largest absolute Gasteiger partial charge is 0.453 e. The Bertz CT molecular complexity index is 368. The van der Waals surface area contributed by atoms with Gasteiger partial charge in [-0.25, -0.2) is 13.2 Å². The molecule has 0 bridgehead atoms. The fourth-order valence-electron chi connectivity index (χ4n) is 2.02. The summed E-state index contributed by atoms with van der Waals surface area (Å²) in [6.07, 6.45) is 4.31. The van der Waals surface area contributed by atoms with Crippen molar-refractivity contribution >= 4 is 15.9 Å². The number of carbonyl (C=O) groups excluding carboxylic acids is 1. The van der Waals surface area contributed by atoms with E-state index in [0.717, 1.165) is 25.7 Å². The molecule has 1 fully saturated rings. The summed E-state index contributed by atoms with van der Waals surface area (Å²) in [5.41, 5.74) is 0. The number of alkyl carbamates (subject to hydrolysis) is 1. The highest BCUT2D eigenvalue weighted by molar-refractivity contribution is 7.90. The topological polar surface area (TPSA) is 81.7 Å². The lowest BCUT2D eigenvalue weighted by molar-refractivity contribution is 0.0133. The van der Waals surface area contributed by atoms with E-state index in [9.17, 15) is 13.2 Å². The average Bonchev–Trinajstić information content (AvgIpc) is 2.29. The molecule has 1 aliphatic rings. The third-order valence-electron chi connectivity index (χ3n) is 2.98. The monoisotopic (exact) mass is 279 g/mol. The minimum atomic E-state index is -3.01. The van der Waals surface area contributed by atoms with E-state index < -0.39 is 15.9 Å². The Morgan fingerprint density at radius 3 is 2.61 bits per heavy atom. The lowest BCUT2D eigenvalue weighted by Crippen LogP contribution is -2.46. The van der Waals surface area contributed by atoms with Crippen LogP contribution in [0.3, 0.4) is 0 Å². The van der Waals surface area contributed by atoms with Gasteiger partial charge in [0.05, 0.1) is 31.6 Å². The van der Waals surface area contributed by atoms with Gasteiger partial charge in [0.25, 0.3) is 0 Å². The van der Waals surface area contributed by atoms with Crippen LogP contribution in [0.1, 0.15) is 25.7 Å². The minimum absolute atomic E-state index is 0.00838. The molecule has 106 valence electrons. The zero-order chi connectivity index (χ0) is 13.6. The fourth-order valence-corrected chi connectivity index (χ4v) is 2.42. The summed E-state index contributed by atoms with van der Waals surface area (Å²) < 4.78 is 32.1. The van der Waals surface area contributed by atoms with Crippen molar-refractivity contribution in [2.24, 2.45) is 0 Å². The van der Waals surface area contributed by atoms with E-state index in [2.05, 4.69) is 10.1 Å². The summed E-state index contributed by atoms with van der Waals surface area (Å²) in [7, 11) is -1.69. The van der Waals surface area contributed by atoms with Crippen molar-refractivity contribution in [2.45, 2.75) is 37.8 Å². The third-order valence-corrected chi connectivity index (χ3v) is 3.89. The van der Waals surface area contributed by atoms with Gasteiger partial charge in [0.1, 0.15) is 9.84 Å². The number of hydrogen-bond donors (Lipinski definition) is 1. The third kappa shape index (κ3) is 5.68. The van der Waals surface area contributed by atoms with Gasteiger partial charge in [-0.05, 0) is 12.8 Å². The van der Waals surface area contributed by atoms with Gasteiger partial charge in [0.15, 0.2) is 0 Å². The van der Waals surface area contributed by atoms with Crippen LogP contribution in [0.5, 0.6) is 0 Å². The summed E-state index contributed by atoms with van der Waals surface area (Å²) >= 11 is 0. The summed E-state index contributed by atoms with van der Waals surface area (Å²) in [6, 6.07) is -0.0919. The second-order valence-corrected chi connectivity index (χ2v) is 6.83. The van der Waals surface area contributed by atoms with E-state index in [1.807, 2.05) is 0 Å². The number of ether oxygens (including phenoxy) is 2. The average molecular weight is 279 g/mol. The van der Waals surface area contributed by atoms with Crippen molar-refractivity contribution in [2.75, 3.05) is 25.7 Å². The number of sulfone groups is 1. The smallest absolute Gasteiger partial charge is 0.407 e. The number of carbonyl (C=O) groups is 1. The molecule has 0 heterocycles. The van der Waals surface area contributed by atoms with Crippen LogP contribution in [0, 0.1) is 0 Å². The molecule has 0 aromatic rings. The molecule has 1 amide bonds. The molecular weight excluding hydrogens is 258 g/mol. The Morgan fingerprint density at radius 1 is 1.33 bits per heavy atom. The van der Waals surface area contributed by atoms with Gasteiger partial charge in [-0.1, -0.05) is 12.8 Å². The number of methoxy groups -OCH3 is 1. The Morgan fingerprint density at radius 2 is 2.00 bits per heavy atom. The Kier molecular flexibility index (Phi) is 5.87. The van der Waals surface area contributed by atoms with Crippen molar-refractivity contribution in [1.82, 2.24) is 5.32 Å². The van der Waals surface area contributed by atoms with E-state index in [-0.39, 0.29) is 24.5 Å². The zero-order valence-electron chi connectivity index (χ0n) is 10.8. The number of amides is 1. The SMILES string of the molecule is COC(=O)NC1CCCCC1OCCS(C)(=O)=O. The highest BCUT2D eigenvalue weighted by atomic mass is 32.2. The van der Waals surface area contributed by atoms with Crippen molar-refractivity contribution in [3.63, 3.8) is 0 Å². The quantitative estimate of drug-likeness (QED) is 0.801. The molecule has 0 aromatic carbocycles. The van der Waals surface area contributed by atoms with E-state index >= 15 is 0 Å². The molecule has 1 aliphatic carbocycles. The maximum absolute atomic E-state index is 11.2. The second-order valence-electron chi connectivity index (χ2n) is 4.57. The van der Waals surface area contributed by atoms with Gasteiger partial charge in [-0.15, -0.1) is 0 Å². The van der Waals surface area contributed by atoms with Crippen LogP contribution in [0.15, 0.2) is 0 Å². The molecule has 0 aliphatic heterocycles. The summed E-state index contributed by atoms with van der Waals surface area (Å²) in [6.45, 7) is 0.169.